The third-order valence-electron chi connectivity index (χ3n) is 2.58. The largest absolute Gasteiger partial charge is 0.380 e. The molecule has 0 aliphatic carbocycles. The van der Waals surface area contributed by atoms with Gasteiger partial charge in [0.1, 0.15) is 0 Å². The lowest BCUT2D eigenvalue weighted by Gasteiger charge is -2.09. The van der Waals surface area contributed by atoms with Crippen molar-refractivity contribution in [3.05, 3.63) is 35.4 Å². The second-order valence-corrected chi connectivity index (χ2v) is 5.32. The average Bonchev–Trinajstić information content (AvgIpc) is 2.36. The Bertz CT molecular complexity index is 304. The van der Waals surface area contributed by atoms with Crippen LogP contribution in [-0.2, 0) is 17.9 Å². The van der Waals surface area contributed by atoms with E-state index in [2.05, 4.69) is 36.5 Å². The summed E-state index contributed by atoms with van der Waals surface area (Å²) in [6.45, 7) is 4.94. The van der Waals surface area contributed by atoms with Crippen LogP contribution in [0.5, 0.6) is 0 Å². The first kappa shape index (κ1) is 14.6. The molecule has 0 aliphatic rings. The van der Waals surface area contributed by atoms with E-state index in [4.69, 9.17) is 4.74 Å². The smallest absolute Gasteiger partial charge is 0.0716 e. The van der Waals surface area contributed by atoms with Crippen LogP contribution in [0.2, 0.25) is 0 Å². The molecule has 3 heteroatoms. The quantitative estimate of drug-likeness (QED) is 0.683. The Hall–Kier alpha value is -0.510. The van der Waals surface area contributed by atoms with Crippen LogP contribution in [0.15, 0.2) is 24.3 Å². The van der Waals surface area contributed by atoms with Crippen molar-refractivity contribution in [2.75, 3.05) is 25.2 Å². The minimum absolute atomic E-state index is 0.698. The van der Waals surface area contributed by atoms with Crippen molar-refractivity contribution >= 4 is 11.8 Å². The molecular weight excluding hydrogens is 230 g/mol. The van der Waals surface area contributed by atoms with Gasteiger partial charge in [0.2, 0.25) is 0 Å². The van der Waals surface area contributed by atoms with Crippen molar-refractivity contribution in [1.82, 2.24) is 5.32 Å². The molecule has 17 heavy (non-hydrogen) atoms. The second-order valence-electron chi connectivity index (χ2n) is 3.93. The zero-order valence-corrected chi connectivity index (χ0v) is 11.7. The minimum Gasteiger partial charge on any atom is -0.380 e. The molecule has 1 N–H and O–H groups in total. The lowest BCUT2D eigenvalue weighted by Crippen LogP contribution is -2.16. The Morgan fingerprint density at radius 1 is 1.24 bits per heavy atom. The number of ether oxygens (including phenoxy) is 1. The van der Waals surface area contributed by atoms with Gasteiger partial charge in [-0.2, -0.15) is 11.8 Å². The first-order valence-electron chi connectivity index (χ1n) is 6.22. The van der Waals surface area contributed by atoms with Crippen molar-refractivity contribution in [3.8, 4) is 0 Å². The first-order valence-corrected chi connectivity index (χ1v) is 7.38. The Morgan fingerprint density at radius 2 is 2.00 bits per heavy atom. The van der Waals surface area contributed by atoms with E-state index in [1.807, 2.05) is 11.8 Å². The van der Waals surface area contributed by atoms with Gasteiger partial charge < -0.3 is 10.1 Å². The standard InChI is InChI=1S/C14H23NOS/c1-3-17-10-6-9-15-11-13-7-4-5-8-14(13)12-16-2/h4-5,7-8,15H,3,6,9-12H2,1-2H3. The lowest BCUT2D eigenvalue weighted by atomic mass is 10.1. The fourth-order valence-electron chi connectivity index (χ4n) is 1.69. The first-order chi connectivity index (χ1) is 8.38. The number of hydrogen-bond donors (Lipinski definition) is 1. The SMILES string of the molecule is CCSCCCNCc1ccccc1COC. The van der Waals surface area contributed by atoms with Gasteiger partial charge in [-0.15, -0.1) is 0 Å². The van der Waals surface area contributed by atoms with E-state index < -0.39 is 0 Å². The molecule has 2 nitrogen and oxygen atoms in total. The fourth-order valence-corrected chi connectivity index (χ4v) is 2.33. The molecule has 0 fully saturated rings. The van der Waals surface area contributed by atoms with E-state index in [0.29, 0.717) is 6.61 Å². The van der Waals surface area contributed by atoms with Crippen molar-refractivity contribution in [1.29, 1.82) is 0 Å². The van der Waals surface area contributed by atoms with Crippen LogP contribution in [0.25, 0.3) is 0 Å². The van der Waals surface area contributed by atoms with E-state index in [1.165, 1.54) is 29.1 Å². The van der Waals surface area contributed by atoms with Gasteiger partial charge in [0.05, 0.1) is 6.61 Å². The van der Waals surface area contributed by atoms with Crippen LogP contribution in [0.4, 0.5) is 0 Å². The van der Waals surface area contributed by atoms with Crippen LogP contribution in [0.3, 0.4) is 0 Å². The number of rotatable bonds is 9. The van der Waals surface area contributed by atoms with Crippen LogP contribution < -0.4 is 5.32 Å². The third-order valence-corrected chi connectivity index (χ3v) is 3.57. The highest BCUT2D eigenvalue weighted by atomic mass is 32.2. The highest BCUT2D eigenvalue weighted by Crippen LogP contribution is 2.09. The Kier molecular flexibility index (Phi) is 8.14. The average molecular weight is 253 g/mol. The van der Waals surface area contributed by atoms with Gasteiger partial charge in [0.15, 0.2) is 0 Å². The predicted molar refractivity (Wildman–Crippen MR) is 76.5 cm³/mol. The fraction of sp³-hybridized carbons (Fsp3) is 0.571. The highest BCUT2D eigenvalue weighted by Gasteiger charge is 2.00. The number of hydrogen-bond acceptors (Lipinski definition) is 3. The molecule has 0 amide bonds. The predicted octanol–water partition coefficient (Wildman–Crippen LogP) is 3.07. The molecule has 0 aliphatic heterocycles. The van der Waals surface area contributed by atoms with Gasteiger partial charge in [0, 0.05) is 13.7 Å². The molecule has 0 unspecified atom stereocenters. The van der Waals surface area contributed by atoms with Crippen molar-refractivity contribution in [2.24, 2.45) is 0 Å². The maximum Gasteiger partial charge on any atom is 0.0716 e. The normalized spacial score (nSPS) is 10.7. The van der Waals surface area contributed by atoms with Gasteiger partial charge in [-0.25, -0.2) is 0 Å². The molecular formula is C14H23NOS. The zero-order chi connectivity index (χ0) is 12.3. The van der Waals surface area contributed by atoms with Crippen molar-refractivity contribution < 1.29 is 4.74 Å². The Morgan fingerprint density at radius 3 is 2.71 bits per heavy atom. The summed E-state index contributed by atoms with van der Waals surface area (Å²) in [7, 11) is 1.74. The van der Waals surface area contributed by atoms with E-state index >= 15 is 0 Å². The molecule has 0 radical (unpaired) electrons. The molecule has 0 spiro atoms. The molecule has 1 aromatic carbocycles. The zero-order valence-electron chi connectivity index (χ0n) is 10.9. The summed E-state index contributed by atoms with van der Waals surface area (Å²) in [5, 5.41) is 3.49. The number of nitrogens with one attached hydrogen (secondary N) is 1. The monoisotopic (exact) mass is 253 g/mol. The third kappa shape index (κ3) is 6.10. The lowest BCUT2D eigenvalue weighted by molar-refractivity contribution is 0.184. The van der Waals surface area contributed by atoms with Gasteiger partial charge in [-0.1, -0.05) is 31.2 Å². The maximum absolute atomic E-state index is 5.20. The van der Waals surface area contributed by atoms with Crippen molar-refractivity contribution in [3.63, 3.8) is 0 Å². The molecule has 0 saturated heterocycles. The van der Waals surface area contributed by atoms with E-state index in [1.54, 1.807) is 7.11 Å². The summed E-state index contributed by atoms with van der Waals surface area (Å²) in [5.41, 5.74) is 2.63. The van der Waals surface area contributed by atoms with Crippen LogP contribution in [-0.4, -0.2) is 25.2 Å². The highest BCUT2D eigenvalue weighted by molar-refractivity contribution is 7.99. The topological polar surface area (TPSA) is 21.3 Å². The molecule has 96 valence electrons. The summed E-state index contributed by atoms with van der Waals surface area (Å²) in [6, 6.07) is 8.45. The molecule has 1 aromatic rings. The van der Waals surface area contributed by atoms with E-state index in [0.717, 1.165) is 13.1 Å². The van der Waals surface area contributed by atoms with Gasteiger partial charge in [-0.05, 0) is 35.6 Å². The van der Waals surface area contributed by atoms with E-state index in [9.17, 15) is 0 Å². The molecule has 0 heterocycles. The molecule has 0 saturated carbocycles. The van der Waals surface area contributed by atoms with E-state index in [-0.39, 0.29) is 0 Å². The van der Waals surface area contributed by atoms with Gasteiger partial charge >= 0.3 is 0 Å². The summed E-state index contributed by atoms with van der Waals surface area (Å²) >= 11 is 2.01. The van der Waals surface area contributed by atoms with Crippen LogP contribution in [0, 0.1) is 0 Å². The maximum atomic E-state index is 5.20. The minimum atomic E-state index is 0.698. The van der Waals surface area contributed by atoms with Crippen LogP contribution >= 0.6 is 11.8 Å². The van der Waals surface area contributed by atoms with Gasteiger partial charge in [-0.3, -0.25) is 0 Å². The number of benzene rings is 1. The summed E-state index contributed by atoms with van der Waals surface area (Å²) < 4.78 is 5.20. The molecule has 1 rings (SSSR count). The Balaban J connectivity index is 2.25. The number of thioether (sulfide) groups is 1. The Labute approximate surface area is 109 Å². The van der Waals surface area contributed by atoms with Crippen LogP contribution in [0.1, 0.15) is 24.5 Å². The molecule has 0 atom stereocenters. The molecule has 0 aromatic heterocycles. The molecule has 0 bridgehead atoms. The number of methoxy groups -OCH3 is 1. The van der Waals surface area contributed by atoms with Gasteiger partial charge in [0.25, 0.3) is 0 Å². The van der Waals surface area contributed by atoms with Crippen molar-refractivity contribution in [2.45, 2.75) is 26.5 Å². The summed E-state index contributed by atoms with van der Waals surface area (Å²) in [5.74, 6) is 2.47. The summed E-state index contributed by atoms with van der Waals surface area (Å²) in [6.07, 6.45) is 1.24. The second kappa shape index (κ2) is 9.51. The summed E-state index contributed by atoms with van der Waals surface area (Å²) in [4.78, 5) is 0.